The van der Waals surface area contributed by atoms with Gasteiger partial charge in [0.2, 0.25) is 0 Å². The maximum atomic E-state index is 10.1. The van der Waals surface area contributed by atoms with E-state index in [9.17, 15) is 5.11 Å². The van der Waals surface area contributed by atoms with E-state index < -0.39 is 5.60 Å². The van der Waals surface area contributed by atoms with E-state index in [1.807, 2.05) is 26.1 Å². The summed E-state index contributed by atoms with van der Waals surface area (Å²) in [5.41, 5.74) is 0.302. The quantitative estimate of drug-likeness (QED) is 0.866. The highest BCUT2D eigenvalue weighted by atomic mass is 16.3. The first kappa shape index (κ1) is 12.4. The van der Waals surface area contributed by atoms with Crippen LogP contribution in [-0.4, -0.2) is 38.7 Å². The normalized spacial score (nSPS) is 18.2. The Bertz CT molecular complexity index is 564. The lowest BCUT2D eigenvalue weighted by atomic mass is 9.83. The van der Waals surface area contributed by atoms with Crippen LogP contribution in [0.3, 0.4) is 0 Å². The van der Waals surface area contributed by atoms with Crippen molar-refractivity contribution in [2.24, 2.45) is 5.92 Å². The summed E-state index contributed by atoms with van der Waals surface area (Å²) in [6.45, 7) is 5.68. The van der Waals surface area contributed by atoms with Crippen LogP contribution >= 0.6 is 0 Å². The topological polar surface area (TPSA) is 65.0 Å². The number of nitrogens with one attached hydrogen (secondary N) is 1. The summed E-state index contributed by atoms with van der Waals surface area (Å²) in [7, 11) is 0. The minimum absolute atomic E-state index is 0.368. The molecular formula is C14H20N4O. The van der Waals surface area contributed by atoms with E-state index in [2.05, 4.69) is 19.9 Å². The molecule has 0 radical (unpaired) electrons. The first-order valence-corrected chi connectivity index (χ1v) is 6.81. The molecule has 1 saturated heterocycles. The van der Waals surface area contributed by atoms with Gasteiger partial charge in [-0.2, -0.15) is 0 Å². The minimum atomic E-state index is -0.582. The number of aromatic nitrogens is 3. The smallest absolute Gasteiger partial charge is 0.142 e. The largest absolute Gasteiger partial charge is 0.390 e. The molecule has 0 unspecified atom stereocenters. The van der Waals surface area contributed by atoms with Gasteiger partial charge in [0.1, 0.15) is 17.8 Å². The van der Waals surface area contributed by atoms with Crippen molar-refractivity contribution >= 4 is 16.9 Å². The molecule has 0 amide bonds. The number of rotatable bonds is 2. The molecule has 1 aliphatic rings. The van der Waals surface area contributed by atoms with E-state index >= 15 is 0 Å². The summed E-state index contributed by atoms with van der Waals surface area (Å²) < 4.78 is 0. The van der Waals surface area contributed by atoms with Crippen molar-refractivity contribution in [3.63, 3.8) is 0 Å². The number of nitrogens with zero attached hydrogens (tertiary/aromatic N) is 3. The van der Waals surface area contributed by atoms with Gasteiger partial charge < -0.3 is 15.0 Å². The Labute approximate surface area is 112 Å². The average molecular weight is 260 g/mol. The second-order valence-electron chi connectivity index (χ2n) is 5.85. The van der Waals surface area contributed by atoms with E-state index in [1.54, 1.807) is 6.33 Å². The number of anilines is 1. The number of fused-ring (bicyclic) bond motifs is 1. The highest BCUT2D eigenvalue weighted by Gasteiger charge is 2.31. The Kier molecular flexibility index (Phi) is 2.93. The van der Waals surface area contributed by atoms with Crippen LogP contribution in [0.25, 0.3) is 11.0 Å². The molecule has 3 rings (SSSR count). The number of hydrogen-bond donors (Lipinski definition) is 2. The summed E-state index contributed by atoms with van der Waals surface area (Å²) in [5.74, 6) is 1.37. The van der Waals surface area contributed by atoms with Crippen LogP contribution < -0.4 is 4.90 Å². The zero-order chi connectivity index (χ0) is 13.5. The van der Waals surface area contributed by atoms with Crippen LogP contribution in [0.5, 0.6) is 0 Å². The van der Waals surface area contributed by atoms with E-state index in [0.717, 1.165) is 42.8 Å². The Morgan fingerprint density at radius 3 is 2.74 bits per heavy atom. The van der Waals surface area contributed by atoms with Crippen LogP contribution in [0.15, 0.2) is 18.6 Å². The molecule has 0 saturated carbocycles. The molecule has 102 valence electrons. The van der Waals surface area contributed by atoms with Crippen molar-refractivity contribution in [1.29, 1.82) is 0 Å². The number of hydrogen-bond acceptors (Lipinski definition) is 4. The van der Waals surface area contributed by atoms with Gasteiger partial charge in [-0.25, -0.2) is 9.97 Å². The zero-order valence-corrected chi connectivity index (χ0v) is 11.4. The molecule has 0 spiro atoms. The summed E-state index contributed by atoms with van der Waals surface area (Å²) >= 11 is 0. The third-order valence-corrected chi connectivity index (χ3v) is 4.13. The molecule has 2 aromatic heterocycles. The molecule has 19 heavy (non-hydrogen) atoms. The molecule has 5 heteroatoms. The van der Waals surface area contributed by atoms with Crippen molar-refractivity contribution in [2.75, 3.05) is 18.0 Å². The SMILES string of the molecule is CC(C)(O)C1CCN(c2ncnc3[nH]ccc23)CC1. The molecule has 0 bridgehead atoms. The molecule has 1 fully saturated rings. The van der Waals surface area contributed by atoms with Crippen LogP contribution in [0.4, 0.5) is 5.82 Å². The maximum Gasteiger partial charge on any atom is 0.142 e. The van der Waals surface area contributed by atoms with Gasteiger partial charge in [-0.15, -0.1) is 0 Å². The van der Waals surface area contributed by atoms with E-state index in [-0.39, 0.29) is 0 Å². The first-order valence-electron chi connectivity index (χ1n) is 6.81. The lowest BCUT2D eigenvalue weighted by molar-refractivity contribution is 0.00648. The summed E-state index contributed by atoms with van der Waals surface area (Å²) in [6.07, 6.45) is 5.50. The predicted molar refractivity (Wildman–Crippen MR) is 75.1 cm³/mol. The molecule has 3 heterocycles. The predicted octanol–water partition coefficient (Wildman–Crippen LogP) is 1.95. The van der Waals surface area contributed by atoms with Crippen LogP contribution in [0.2, 0.25) is 0 Å². The number of aromatic amines is 1. The Morgan fingerprint density at radius 1 is 1.32 bits per heavy atom. The second kappa shape index (κ2) is 4.49. The van der Waals surface area contributed by atoms with Crippen molar-refractivity contribution in [2.45, 2.75) is 32.3 Å². The van der Waals surface area contributed by atoms with Gasteiger partial charge in [-0.3, -0.25) is 0 Å². The molecule has 2 aromatic rings. The van der Waals surface area contributed by atoms with E-state index in [4.69, 9.17) is 0 Å². The van der Waals surface area contributed by atoms with Gasteiger partial charge in [0, 0.05) is 19.3 Å². The number of H-pyrrole nitrogens is 1. The van der Waals surface area contributed by atoms with Gasteiger partial charge >= 0.3 is 0 Å². The monoisotopic (exact) mass is 260 g/mol. The van der Waals surface area contributed by atoms with Gasteiger partial charge in [-0.05, 0) is 38.7 Å². The number of aliphatic hydroxyl groups is 1. The van der Waals surface area contributed by atoms with Crippen LogP contribution in [0, 0.1) is 5.92 Å². The summed E-state index contributed by atoms with van der Waals surface area (Å²) in [5, 5.41) is 11.2. The number of piperidine rings is 1. The minimum Gasteiger partial charge on any atom is -0.390 e. The molecule has 0 atom stereocenters. The fourth-order valence-corrected chi connectivity index (χ4v) is 2.91. The molecule has 1 aliphatic heterocycles. The molecule has 0 aliphatic carbocycles. The lowest BCUT2D eigenvalue weighted by Gasteiger charge is -2.38. The fraction of sp³-hybridized carbons (Fsp3) is 0.571. The highest BCUT2D eigenvalue weighted by molar-refractivity contribution is 5.87. The second-order valence-corrected chi connectivity index (χ2v) is 5.85. The van der Waals surface area contributed by atoms with Crippen molar-refractivity contribution in [1.82, 2.24) is 15.0 Å². The standard InChI is InChI=1S/C14H20N4O/c1-14(2,19)10-4-7-18(8-5-10)13-11-3-6-15-12(11)16-9-17-13/h3,6,9-10,19H,4-5,7-8H2,1-2H3,(H,15,16,17). The Morgan fingerprint density at radius 2 is 2.05 bits per heavy atom. The van der Waals surface area contributed by atoms with Gasteiger partial charge in [0.25, 0.3) is 0 Å². The zero-order valence-electron chi connectivity index (χ0n) is 11.4. The molecular weight excluding hydrogens is 240 g/mol. The average Bonchev–Trinajstić information content (AvgIpc) is 2.86. The molecule has 5 nitrogen and oxygen atoms in total. The van der Waals surface area contributed by atoms with E-state index in [0.29, 0.717) is 5.92 Å². The third-order valence-electron chi connectivity index (χ3n) is 4.13. The molecule has 0 aromatic carbocycles. The fourth-order valence-electron chi connectivity index (χ4n) is 2.91. The lowest BCUT2D eigenvalue weighted by Crippen LogP contribution is -2.42. The van der Waals surface area contributed by atoms with Crippen molar-refractivity contribution in [3.05, 3.63) is 18.6 Å². The Balaban J connectivity index is 1.80. The van der Waals surface area contributed by atoms with Gasteiger partial charge in [0.15, 0.2) is 0 Å². The van der Waals surface area contributed by atoms with Crippen molar-refractivity contribution < 1.29 is 5.11 Å². The van der Waals surface area contributed by atoms with Crippen LogP contribution in [0.1, 0.15) is 26.7 Å². The maximum absolute atomic E-state index is 10.1. The third kappa shape index (κ3) is 2.30. The summed E-state index contributed by atoms with van der Waals surface area (Å²) in [4.78, 5) is 14.0. The van der Waals surface area contributed by atoms with Gasteiger partial charge in [0.05, 0.1) is 11.0 Å². The van der Waals surface area contributed by atoms with Gasteiger partial charge in [-0.1, -0.05) is 0 Å². The first-order chi connectivity index (χ1) is 9.05. The highest BCUT2D eigenvalue weighted by Crippen LogP contribution is 2.31. The Hall–Kier alpha value is -1.62. The van der Waals surface area contributed by atoms with Crippen LogP contribution in [-0.2, 0) is 0 Å². The van der Waals surface area contributed by atoms with E-state index in [1.165, 1.54) is 0 Å². The summed E-state index contributed by atoms with van der Waals surface area (Å²) in [6, 6.07) is 2.02. The molecule has 2 N–H and O–H groups in total. The van der Waals surface area contributed by atoms with Crippen molar-refractivity contribution in [3.8, 4) is 0 Å².